The van der Waals surface area contributed by atoms with Crippen LogP contribution in [0.1, 0.15) is 32.8 Å². The van der Waals surface area contributed by atoms with Gasteiger partial charge in [0.05, 0.1) is 10.6 Å². The molecule has 0 unspecified atom stereocenters. The molecule has 0 aliphatic heterocycles. The van der Waals surface area contributed by atoms with Crippen molar-refractivity contribution in [3.63, 3.8) is 0 Å². The molecule has 3 nitrogen and oxygen atoms in total. The minimum Gasteiger partial charge on any atom is -0.284 e. The van der Waals surface area contributed by atoms with Gasteiger partial charge in [-0.15, -0.1) is 0 Å². The number of alkyl halides is 3. The number of sulfone groups is 1. The van der Waals surface area contributed by atoms with Crippen molar-refractivity contribution in [3.8, 4) is 11.1 Å². The number of aliphatic imine (C=N–C) groups is 1. The molecule has 0 N–H and O–H groups in total. The third-order valence-electron chi connectivity index (χ3n) is 5.09. The lowest BCUT2D eigenvalue weighted by Gasteiger charge is -2.17. The molecule has 2 aromatic rings. The highest BCUT2D eigenvalue weighted by atomic mass is 32.2. The number of halogens is 3. The Morgan fingerprint density at radius 2 is 1.70 bits per heavy atom. The minimum absolute atomic E-state index is 0.0129. The summed E-state index contributed by atoms with van der Waals surface area (Å²) < 4.78 is 63.8. The van der Waals surface area contributed by atoms with Gasteiger partial charge in [-0.1, -0.05) is 57.2 Å². The molecule has 0 amide bonds. The van der Waals surface area contributed by atoms with E-state index in [1.165, 1.54) is 0 Å². The van der Waals surface area contributed by atoms with Gasteiger partial charge in [0.15, 0.2) is 9.84 Å². The van der Waals surface area contributed by atoms with Crippen molar-refractivity contribution < 1.29 is 21.6 Å². The molecule has 0 heterocycles. The molecule has 0 aliphatic rings. The molecule has 0 fully saturated rings. The van der Waals surface area contributed by atoms with Crippen molar-refractivity contribution in [2.24, 2.45) is 10.9 Å². The molecule has 0 spiro atoms. The van der Waals surface area contributed by atoms with E-state index in [2.05, 4.69) is 4.99 Å². The molecule has 2 aromatic carbocycles. The van der Waals surface area contributed by atoms with Gasteiger partial charge in [-0.3, -0.25) is 4.99 Å². The second kappa shape index (κ2) is 9.60. The van der Waals surface area contributed by atoms with Crippen molar-refractivity contribution in [2.75, 3.05) is 12.8 Å². The van der Waals surface area contributed by atoms with Crippen LogP contribution >= 0.6 is 0 Å². The Balaban J connectivity index is 2.47. The first kappa shape index (κ1) is 23.9. The highest BCUT2D eigenvalue weighted by Crippen LogP contribution is 2.31. The molecule has 162 valence electrons. The Bertz CT molecular complexity index is 1040. The van der Waals surface area contributed by atoms with Gasteiger partial charge < -0.3 is 0 Å². The predicted molar refractivity (Wildman–Crippen MR) is 116 cm³/mol. The van der Waals surface area contributed by atoms with Crippen LogP contribution in [-0.2, 0) is 9.84 Å². The molecule has 7 heteroatoms. The standard InChI is InChI=1S/C23H26F3NO2S/c1-5-16(3)21(15-22(27-4)23(24,25)26)18-12-10-17(11-13-18)19-8-7-9-20(14-19)30(28,29)6-2/h7-16H,5-6H2,1-4H3/b21-15+,27-22+/t16-/m1/s1. The van der Waals surface area contributed by atoms with Gasteiger partial charge in [-0.2, -0.15) is 13.2 Å². The van der Waals surface area contributed by atoms with Crippen LogP contribution in [0.2, 0.25) is 0 Å². The van der Waals surface area contributed by atoms with Crippen LogP contribution in [0.3, 0.4) is 0 Å². The molecular formula is C23H26F3NO2S. The summed E-state index contributed by atoms with van der Waals surface area (Å²) in [5.41, 5.74) is 1.84. The molecule has 30 heavy (non-hydrogen) atoms. The van der Waals surface area contributed by atoms with E-state index in [4.69, 9.17) is 0 Å². The van der Waals surface area contributed by atoms with Gasteiger partial charge in [-0.05, 0) is 52.8 Å². The Morgan fingerprint density at radius 1 is 1.07 bits per heavy atom. The van der Waals surface area contributed by atoms with Gasteiger partial charge in [0, 0.05) is 7.05 Å². The quantitative estimate of drug-likeness (QED) is 0.484. The van der Waals surface area contributed by atoms with Crippen LogP contribution in [0.5, 0.6) is 0 Å². The van der Waals surface area contributed by atoms with Crippen molar-refractivity contribution in [2.45, 2.75) is 38.3 Å². The Labute approximate surface area is 176 Å². The number of hydrogen-bond donors (Lipinski definition) is 0. The molecule has 0 saturated heterocycles. The fraction of sp³-hybridized carbons (Fsp3) is 0.348. The SMILES string of the molecule is CC[C@@H](C)/C(=C\C(=N/C)C(F)(F)F)c1ccc(-c2cccc(S(=O)(=O)CC)c2)cc1. The van der Waals surface area contributed by atoms with E-state index < -0.39 is 21.7 Å². The summed E-state index contributed by atoms with van der Waals surface area (Å²) in [6.45, 7) is 5.39. The largest absolute Gasteiger partial charge is 0.432 e. The van der Waals surface area contributed by atoms with Crippen LogP contribution in [0.15, 0.2) is 64.5 Å². The van der Waals surface area contributed by atoms with Crippen molar-refractivity contribution in [1.82, 2.24) is 0 Å². The third kappa shape index (κ3) is 5.59. The minimum atomic E-state index is -4.52. The van der Waals surface area contributed by atoms with E-state index >= 15 is 0 Å². The second-order valence-electron chi connectivity index (χ2n) is 7.02. The molecule has 0 aromatic heterocycles. The highest BCUT2D eigenvalue weighted by Gasteiger charge is 2.34. The molecule has 0 bridgehead atoms. The van der Waals surface area contributed by atoms with Gasteiger partial charge in [0.1, 0.15) is 5.71 Å². The summed E-state index contributed by atoms with van der Waals surface area (Å²) in [4.78, 5) is 3.66. The summed E-state index contributed by atoms with van der Waals surface area (Å²) in [6, 6.07) is 13.8. The van der Waals surface area contributed by atoms with Crippen LogP contribution in [0.25, 0.3) is 16.7 Å². The Morgan fingerprint density at radius 3 is 2.20 bits per heavy atom. The normalized spacial score (nSPS) is 14.6. The summed E-state index contributed by atoms with van der Waals surface area (Å²) in [7, 11) is -2.19. The highest BCUT2D eigenvalue weighted by molar-refractivity contribution is 7.91. The maximum absolute atomic E-state index is 13.2. The molecule has 1 atom stereocenters. The van der Waals surface area contributed by atoms with Crippen LogP contribution in [0.4, 0.5) is 13.2 Å². The van der Waals surface area contributed by atoms with Gasteiger partial charge in [0.2, 0.25) is 0 Å². The number of rotatable bonds is 7. The lowest BCUT2D eigenvalue weighted by molar-refractivity contribution is -0.0577. The number of allylic oxidation sites excluding steroid dienone is 2. The lowest BCUT2D eigenvalue weighted by atomic mass is 9.89. The van der Waals surface area contributed by atoms with Crippen LogP contribution < -0.4 is 0 Å². The van der Waals surface area contributed by atoms with Crippen LogP contribution in [0, 0.1) is 5.92 Å². The number of nitrogens with zero attached hydrogens (tertiary/aromatic N) is 1. The van der Waals surface area contributed by atoms with Gasteiger partial charge in [-0.25, -0.2) is 8.42 Å². The van der Waals surface area contributed by atoms with Gasteiger partial charge in [0.25, 0.3) is 0 Å². The number of benzene rings is 2. The predicted octanol–water partition coefficient (Wildman–Crippen LogP) is 6.21. The Kier molecular flexibility index (Phi) is 7.64. The average molecular weight is 438 g/mol. The maximum atomic E-state index is 13.2. The summed E-state index contributed by atoms with van der Waals surface area (Å²) in [5, 5.41) is 0. The summed E-state index contributed by atoms with van der Waals surface area (Å²) in [5.74, 6) is -0.0770. The first-order valence-electron chi connectivity index (χ1n) is 9.72. The first-order valence-corrected chi connectivity index (χ1v) is 11.4. The zero-order valence-corrected chi connectivity index (χ0v) is 18.3. The zero-order valence-electron chi connectivity index (χ0n) is 17.5. The monoisotopic (exact) mass is 437 g/mol. The van der Waals surface area contributed by atoms with Gasteiger partial charge >= 0.3 is 6.18 Å². The van der Waals surface area contributed by atoms with E-state index in [-0.39, 0.29) is 16.6 Å². The molecular weight excluding hydrogens is 411 g/mol. The zero-order chi connectivity index (χ0) is 22.5. The number of hydrogen-bond acceptors (Lipinski definition) is 3. The fourth-order valence-electron chi connectivity index (χ4n) is 3.04. The topological polar surface area (TPSA) is 46.5 Å². The van der Waals surface area contributed by atoms with E-state index in [9.17, 15) is 21.6 Å². The van der Waals surface area contributed by atoms with Crippen molar-refractivity contribution in [1.29, 1.82) is 0 Å². The molecule has 2 rings (SSSR count). The molecule has 0 saturated carbocycles. The average Bonchev–Trinajstić information content (AvgIpc) is 2.73. The van der Waals surface area contributed by atoms with E-state index in [1.807, 2.05) is 13.8 Å². The van der Waals surface area contributed by atoms with E-state index in [1.54, 1.807) is 55.5 Å². The maximum Gasteiger partial charge on any atom is 0.432 e. The van der Waals surface area contributed by atoms with Crippen LogP contribution in [-0.4, -0.2) is 33.1 Å². The Hall–Kier alpha value is -2.41. The molecule has 0 radical (unpaired) electrons. The fourth-order valence-corrected chi connectivity index (χ4v) is 3.97. The second-order valence-corrected chi connectivity index (χ2v) is 9.30. The smallest absolute Gasteiger partial charge is 0.284 e. The summed E-state index contributed by atoms with van der Waals surface area (Å²) >= 11 is 0. The van der Waals surface area contributed by atoms with Crippen molar-refractivity contribution in [3.05, 3.63) is 60.2 Å². The van der Waals surface area contributed by atoms with Crippen molar-refractivity contribution >= 4 is 21.1 Å². The lowest BCUT2D eigenvalue weighted by Crippen LogP contribution is -2.21. The van der Waals surface area contributed by atoms with E-state index in [0.29, 0.717) is 17.6 Å². The third-order valence-corrected chi connectivity index (χ3v) is 6.82. The molecule has 0 aliphatic carbocycles. The summed E-state index contributed by atoms with van der Waals surface area (Å²) in [6.07, 6.45) is -2.73. The first-order chi connectivity index (χ1) is 14.0. The van der Waals surface area contributed by atoms with E-state index in [0.717, 1.165) is 24.3 Å².